The summed E-state index contributed by atoms with van der Waals surface area (Å²) in [6.07, 6.45) is 3.33. The molecule has 17 heavy (non-hydrogen) atoms. The van der Waals surface area contributed by atoms with Crippen LogP contribution in [0.2, 0.25) is 1.41 Å². The summed E-state index contributed by atoms with van der Waals surface area (Å²) in [5.41, 5.74) is 3.22. The van der Waals surface area contributed by atoms with Crippen LogP contribution in [-0.2, 0) is 4.79 Å². The average molecular weight is 460 g/mol. The maximum absolute atomic E-state index is 11.7. The number of amides is 1. The molecule has 3 nitrogen and oxygen atoms in total. The third-order valence-corrected chi connectivity index (χ3v) is 3.47. The summed E-state index contributed by atoms with van der Waals surface area (Å²) in [6.45, 7) is 0.691. The van der Waals surface area contributed by atoms with Gasteiger partial charge in [0, 0.05) is 19.2 Å². The van der Waals surface area contributed by atoms with Crippen LogP contribution in [0.1, 0.15) is 25.7 Å². The maximum Gasteiger partial charge on any atom is 0.224 e. The van der Waals surface area contributed by atoms with Crippen molar-refractivity contribution in [3.05, 3.63) is 25.3 Å². The van der Waals surface area contributed by atoms with Gasteiger partial charge < -0.3 is 11.0 Å². The second-order valence-corrected chi connectivity index (χ2v) is 6.26. The van der Waals surface area contributed by atoms with E-state index in [4.69, 9.17) is 1.41 Å². The molecule has 0 radical (unpaired) electrons. The van der Waals surface area contributed by atoms with Gasteiger partial charge in [-0.05, 0) is 82.8 Å². The van der Waals surface area contributed by atoms with Crippen molar-refractivity contribution in [3.8, 4) is 0 Å². The number of benzene rings is 1. The number of nitrogens with one attached hydrogen (secondary N) is 1. The second kappa shape index (κ2) is 8.25. The monoisotopic (exact) mass is 460 g/mol. The number of halogens is 2. The molecule has 0 unspecified atom stereocenters. The topological polar surface area (TPSA) is 55.1 Å². The van der Waals surface area contributed by atoms with E-state index < -0.39 is 0 Å². The second-order valence-electron chi connectivity index (χ2n) is 3.77. The molecular weight excluding hydrogens is 442 g/mol. The molecule has 0 heterocycles. The molecule has 3 N–H and O–H groups in total. The van der Waals surface area contributed by atoms with E-state index in [2.05, 4.69) is 62.3 Å². The number of hydrogen-bond acceptors (Lipinski definition) is 2. The van der Waals surface area contributed by atoms with Gasteiger partial charge in [-0.15, -0.1) is 0 Å². The fraction of sp³-hybridized carbons (Fsp3) is 0.417. The minimum absolute atomic E-state index is 0.0617. The van der Waals surface area contributed by atoms with Crippen LogP contribution in [0, 0.1) is 7.14 Å². The fourth-order valence-electron chi connectivity index (χ4n) is 1.44. The predicted octanol–water partition coefficient (Wildman–Crippen LogP) is 3.35. The number of carbonyl (C=O) groups is 1. The van der Waals surface area contributed by atoms with Crippen molar-refractivity contribution < 1.29 is 6.21 Å². The summed E-state index contributed by atoms with van der Waals surface area (Å²) < 4.78 is 9.02. The molecule has 94 valence electrons. The van der Waals surface area contributed by atoms with Gasteiger partial charge in [0.05, 0.1) is 0 Å². The third kappa shape index (κ3) is 6.56. The van der Waals surface area contributed by atoms with E-state index in [1.165, 1.54) is 0 Å². The van der Waals surface area contributed by atoms with Crippen molar-refractivity contribution in [3.63, 3.8) is 0 Å². The Balaban J connectivity index is 2.31. The fourth-order valence-corrected chi connectivity index (χ4v) is 3.37. The first kappa shape index (κ1) is 13.5. The number of hydrogen-bond donors (Lipinski definition) is 2. The molecule has 0 saturated carbocycles. The molecule has 1 rings (SSSR count). The lowest BCUT2D eigenvalue weighted by atomic mass is 10.2. The molecule has 0 spiro atoms. The lowest BCUT2D eigenvalue weighted by Gasteiger charge is -2.06. The van der Waals surface area contributed by atoms with Gasteiger partial charge in [0.15, 0.2) is 0 Å². The Bertz CT molecular complexity index is 381. The van der Waals surface area contributed by atoms with E-state index in [9.17, 15) is 4.79 Å². The lowest BCUT2D eigenvalue weighted by molar-refractivity contribution is -0.116. The van der Waals surface area contributed by atoms with Crippen LogP contribution in [0.5, 0.6) is 0 Å². The van der Waals surface area contributed by atoms with Gasteiger partial charge in [0.25, 0.3) is 0 Å². The first-order valence-electron chi connectivity index (χ1n) is 6.02. The van der Waals surface area contributed by atoms with E-state index in [1.54, 1.807) is 0 Å². The number of unbranched alkanes of at least 4 members (excludes halogenated alkanes) is 2. The SMILES string of the molecule is [3H]NCCCCCC(=O)Nc1cc(I)cc(I)c1. The summed E-state index contributed by atoms with van der Waals surface area (Å²) >= 11 is 4.48. The van der Waals surface area contributed by atoms with Gasteiger partial charge >= 0.3 is 0 Å². The van der Waals surface area contributed by atoms with Crippen LogP contribution in [0.25, 0.3) is 0 Å². The first-order chi connectivity index (χ1) is 8.61. The van der Waals surface area contributed by atoms with Crippen LogP contribution in [0.3, 0.4) is 0 Å². The molecule has 0 atom stereocenters. The lowest BCUT2D eigenvalue weighted by Crippen LogP contribution is -2.11. The van der Waals surface area contributed by atoms with E-state index in [1.807, 2.05) is 12.1 Å². The highest BCUT2D eigenvalue weighted by Gasteiger charge is 2.03. The Kier molecular flexibility index (Phi) is 6.57. The zero-order valence-corrected chi connectivity index (χ0v) is 13.7. The zero-order chi connectivity index (χ0) is 13.4. The Morgan fingerprint density at radius 1 is 1.24 bits per heavy atom. The number of nitrogens with two attached hydrogens (primary N) is 1. The molecule has 0 aliphatic heterocycles. The highest BCUT2D eigenvalue weighted by Crippen LogP contribution is 2.18. The normalized spacial score (nSPS) is 11.1. The quantitative estimate of drug-likeness (QED) is 0.485. The van der Waals surface area contributed by atoms with Crippen LogP contribution in [0.4, 0.5) is 5.69 Å². The molecule has 0 fully saturated rings. The molecule has 5 heteroatoms. The van der Waals surface area contributed by atoms with E-state index in [0.717, 1.165) is 32.1 Å². The smallest absolute Gasteiger partial charge is 0.224 e. The van der Waals surface area contributed by atoms with Gasteiger partial charge in [-0.3, -0.25) is 4.79 Å². The van der Waals surface area contributed by atoms with E-state index in [-0.39, 0.29) is 5.91 Å². The Morgan fingerprint density at radius 2 is 1.94 bits per heavy atom. The number of anilines is 1. The van der Waals surface area contributed by atoms with Crippen LogP contribution in [-0.4, -0.2) is 12.5 Å². The molecule has 0 aliphatic carbocycles. The maximum atomic E-state index is 11.7. The van der Waals surface area contributed by atoms with E-state index >= 15 is 0 Å². The summed E-state index contributed by atoms with van der Waals surface area (Å²) in [6, 6.07) is 5.99. The third-order valence-electron chi connectivity index (χ3n) is 2.23. The van der Waals surface area contributed by atoms with Crippen LogP contribution in [0.15, 0.2) is 18.2 Å². The summed E-state index contributed by atoms with van der Waals surface area (Å²) in [4.78, 5) is 11.7. The molecule has 0 aliphatic rings. The average Bonchev–Trinajstić information content (AvgIpc) is 2.27. The Hall–Kier alpha value is 0.110. The van der Waals surface area contributed by atoms with Crippen molar-refractivity contribution in [2.75, 3.05) is 11.9 Å². The van der Waals surface area contributed by atoms with Gasteiger partial charge in [-0.2, -0.15) is 0 Å². The zero-order valence-electron chi connectivity index (χ0n) is 10.4. The van der Waals surface area contributed by atoms with E-state index in [0.29, 0.717) is 13.0 Å². The molecule has 0 bridgehead atoms. The molecule has 1 aromatic carbocycles. The molecule has 1 amide bonds. The molecule has 0 saturated heterocycles. The van der Waals surface area contributed by atoms with Crippen LogP contribution >= 0.6 is 45.2 Å². The molecular formula is C12H16I2N2O. The highest BCUT2D eigenvalue weighted by molar-refractivity contribution is 14.1. The van der Waals surface area contributed by atoms with Crippen LogP contribution < -0.4 is 11.0 Å². The van der Waals surface area contributed by atoms with Gasteiger partial charge in [-0.25, -0.2) is 0 Å². The summed E-state index contributed by atoms with van der Waals surface area (Å²) in [5.74, 6) is 0.0617. The standard InChI is InChI=1S/C12H16I2N2O/c13-9-6-10(14)8-11(7-9)16-12(17)4-2-1-3-5-15/h6-8H,1-5,15H2,(H,16,17)/i/hT. The Labute approximate surface area is 131 Å². The van der Waals surface area contributed by atoms with Gasteiger partial charge in [0.2, 0.25) is 5.91 Å². The number of carbonyl (C=O) groups excluding carboxylic acids is 1. The number of rotatable bonds is 7. The summed E-state index contributed by atoms with van der Waals surface area (Å²) in [7, 11) is 0. The largest absolute Gasteiger partial charge is 0.330 e. The van der Waals surface area contributed by atoms with Crippen molar-refractivity contribution in [2.24, 2.45) is 5.73 Å². The predicted molar refractivity (Wildman–Crippen MR) is 88.0 cm³/mol. The molecule has 0 aromatic heterocycles. The minimum atomic E-state index is 0.0617. The van der Waals surface area contributed by atoms with Crippen molar-refractivity contribution in [1.29, 1.82) is 0 Å². The van der Waals surface area contributed by atoms with Crippen molar-refractivity contribution in [1.82, 2.24) is 0 Å². The minimum Gasteiger partial charge on any atom is -0.330 e. The Morgan fingerprint density at radius 3 is 2.59 bits per heavy atom. The highest BCUT2D eigenvalue weighted by atomic mass is 127. The summed E-state index contributed by atoms with van der Waals surface area (Å²) in [5, 5.41) is 2.91. The van der Waals surface area contributed by atoms with Crippen molar-refractivity contribution >= 4 is 56.8 Å². The van der Waals surface area contributed by atoms with Gasteiger partial charge in [0.1, 0.15) is 1.41 Å². The van der Waals surface area contributed by atoms with Gasteiger partial charge in [-0.1, -0.05) is 6.42 Å². The van der Waals surface area contributed by atoms with Crippen molar-refractivity contribution in [2.45, 2.75) is 25.7 Å². The first-order valence-corrected chi connectivity index (χ1v) is 7.68. The molecule has 1 aromatic rings.